The van der Waals surface area contributed by atoms with E-state index in [1.165, 1.54) is 17.6 Å². The maximum atomic E-state index is 10.9. The number of hydrazone groups is 1. The van der Waals surface area contributed by atoms with Crippen LogP contribution in [0.25, 0.3) is 0 Å². The van der Waals surface area contributed by atoms with E-state index in [1.807, 2.05) is 35.8 Å². The van der Waals surface area contributed by atoms with Gasteiger partial charge in [-0.05, 0) is 12.1 Å². The number of halogens is 1. The minimum atomic E-state index is -1.12. The highest BCUT2D eigenvalue weighted by atomic mass is 35.5. The van der Waals surface area contributed by atoms with Crippen LogP contribution in [0.1, 0.15) is 4.88 Å². The van der Waals surface area contributed by atoms with Gasteiger partial charge in [0.05, 0.1) is 11.1 Å². The Morgan fingerprint density at radius 3 is 2.71 bits per heavy atom. The normalized spacial score (nSPS) is 10.5. The van der Waals surface area contributed by atoms with Gasteiger partial charge in [0, 0.05) is 5.69 Å². The summed E-state index contributed by atoms with van der Waals surface area (Å²) in [5.41, 5.74) is 7.61. The fourth-order valence-corrected chi connectivity index (χ4v) is 2.34. The molecule has 1 aromatic heterocycles. The third-order valence-electron chi connectivity index (χ3n) is 2.21. The largest absolute Gasteiger partial charge is 0.361 e. The van der Waals surface area contributed by atoms with Gasteiger partial charge in [-0.25, -0.2) is 10.4 Å². The van der Waals surface area contributed by atoms with E-state index in [-0.39, 0.29) is 5.15 Å². The molecule has 0 aliphatic carbocycles. The van der Waals surface area contributed by atoms with Crippen LogP contribution < -0.4 is 16.5 Å². The number of aromatic nitrogens is 1. The number of hydrogen-bond donors (Lipinski definition) is 3. The van der Waals surface area contributed by atoms with Crippen LogP contribution >= 0.6 is 22.9 Å². The Hall–Kier alpha value is -2.45. The van der Waals surface area contributed by atoms with Crippen molar-refractivity contribution in [1.82, 2.24) is 10.4 Å². The number of carbonyl (C=O) groups is 2. The van der Waals surface area contributed by atoms with Gasteiger partial charge in [-0.3, -0.25) is 9.59 Å². The molecule has 0 aliphatic rings. The maximum absolute atomic E-state index is 10.9. The number of amides is 2. The fraction of sp³-hybridized carbons (Fsp3) is 0. The molecular weight excluding hydrogens is 314 g/mol. The van der Waals surface area contributed by atoms with Crippen molar-refractivity contribution in [2.24, 2.45) is 10.8 Å². The number of para-hydroxylation sites is 1. The molecule has 108 valence electrons. The molecule has 1 heterocycles. The van der Waals surface area contributed by atoms with Crippen LogP contribution in [0.5, 0.6) is 0 Å². The number of rotatable bonds is 4. The summed E-state index contributed by atoms with van der Waals surface area (Å²) in [4.78, 5) is 26.1. The summed E-state index contributed by atoms with van der Waals surface area (Å²) >= 11 is 7.20. The zero-order valence-electron chi connectivity index (χ0n) is 10.5. The number of primary amides is 1. The molecule has 0 fully saturated rings. The van der Waals surface area contributed by atoms with Gasteiger partial charge in [-0.2, -0.15) is 5.10 Å². The smallest absolute Gasteiger partial charge is 0.329 e. The van der Waals surface area contributed by atoms with Gasteiger partial charge in [0.25, 0.3) is 0 Å². The number of hydrogen-bond acceptors (Lipinski definition) is 6. The standard InChI is InChI=1S/C12H10ClN5O2S/c13-9-8(6-15-18-11(20)10(14)19)21-12(17-9)16-7-4-2-1-3-5-7/h1-6H,(H2,14,19)(H,16,17)(H,18,20)/b15-6+. The summed E-state index contributed by atoms with van der Waals surface area (Å²) in [6, 6.07) is 9.45. The maximum Gasteiger partial charge on any atom is 0.329 e. The molecule has 21 heavy (non-hydrogen) atoms. The SMILES string of the molecule is NC(=O)C(=O)N/N=C/c1sc(Nc2ccccc2)nc1Cl. The van der Waals surface area contributed by atoms with Crippen molar-refractivity contribution in [1.29, 1.82) is 0 Å². The zero-order chi connectivity index (χ0) is 15.2. The fourth-order valence-electron chi connectivity index (χ4n) is 1.30. The third kappa shape index (κ3) is 4.26. The number of thiazole rings is 1. The second kappa shape index (κ2) is 6.82. The molecule has 2 rings (SSSR count). The van der Waals surface area contributed by atoms with Gasteiger partial charge in [-0.15, -0.1) is 0 Å². The monoisotopic (exact) mass is 323 g/mol. The first-order chi connectivity index (χ1) is 10.1. The van der Waals surface area contributed by atoms with Crippen molar-refractivity contribution in [3.05, 3.63) is 40.4 Å². The predicted octanol–water partition coefficient (Wildman–Crippen LogP) is 1.48. The van der Waals surface area contributed by atoms with Crippen LogP contribution in [0, 0.1) is 0 Å². The topological polar surface area (TPSA) is 109 Å². The lowest BCUT2D eigenvalue weighted by molar-refractivity contribution is -0.137. The number of benzene rings is 1. The first-order valence-electron chi connectivity index (χ1n) is 5.67. The average Bonchev–Trinajstić information content (AvgIpc) is 2.79. The Morgan fingerprint density at radius 2 is 2.05 bits per heavy atom. The highest BCUT2D eigenvalue weighted by Crippen LogP contribution is 2.27. The van der Waals surface area contributed by atoms with E-state index in [9.17, 15) is 9.59 Å². The zero-order valence-corrected chi connectivity index (χ0v) is 12.1. The number of carbonyl (C=O) groups excluding carboxylic acids is 2. The van der Waals surface area contributed by atoms with Crippen LogP contribution in [0.4, 0.5) is 10.8 Å². The molecule has 9 heteroatoms. The molecule has 0 atom stereocenters. The highest BCUT2D eigenvalue weighted by Gasteiger charge is 2.09. The van der Waals surface area contributed by atoms with Crippen LogP contribution in [-0.4, -0.2) is 23.0 Å². The van der Waals surface area contributed by atoms with Crippen LogP contribution in [0.15, 0.2) is 35.4 Å². The van der Waals surface area contributed by atoms with Crippen LogP contribution in [0.2, 0.25) is 5.15 Å². The second-order valence-electron chi connectivity index (χ2n) is 3.73. The Morgan fingerprint density at radius 1 is 1.33 bits per heavy atom. The third-order valence-corrected chi connectivity index (χ3v) is 3.51. The first kappa shape index (κ1) is 14.9. The lowest BCUT2D eigenvalue weighted by atomic mass is 10.3. The van der Waals surface area contributed by atoms with E-state index in [0.29, 0.717) is 10.0 Å². The molecule has 4 N–H and O–H groups in total. The molecule has 0 saturated heterocycles. The summed E-state index contributed by atoms with van der Waals surface area (Å²) in [7, 11) is 0. The number of nitrogens with two attached hydrogens (primary N) is 1. The van der Waals surface area contributed by atoms with E-state index in [1.54, 1.807) is 0 Å². The van der Waals surface area contributed by atoms with Gasteiger partial charge in [0.15, 0.2) is 10.3 Å². The van der Waals surface area contributed by atoms with E-state index < -0.39 is 11.8 Å². The molecule has 2 aromatic rings. The van der Waals surface area contributed by atoms with E-state index in [2.05, 4.69) is 15.4 Å². The van der Waals surface area contributed by atoms with E-state index in [4.69, 9.17) is 17.3 Å². The first-order valence-corrected chi connectivity index (χ1v) is 6.87. The van der Waals surface area contributed by atoms with Crippen molar-refractivity contribution in [2.75, 3.05) is 5.32 Å². The van der Waals surface area contributed by atoms with Crippen molar-refractivity contribution < 1.29 is 9.59 Å². The molecule has 0 radical (unpaired) electrons. The number of nitrogens with zero attached hydrogens (tertiary/aromatic N) is 2. The lowest BCUT2D eigenvalue weighted by Crippen LogP contribution is -2.32. The number of nitrogens with one attached hydrogen (secondary N) is 2. The Bertz CT molecular complexity index is 686. The minimum absolute atomic E-state index is 0.232. The van der Waals surface area contributed by atoms with Gasteiger partial charge < -0.3 is 11.1 Å². The second-order valence-corrected chi connectivity index (χ2v) is 5.12. The molecule has 0 unspecified atom stereocenters. The molecule has 0 spiro atoms. The molecule has 0 aliphatic heterocycles. The van der Waals surface area contributed by atoms with Crippen molar-refractivity contribution in [3.8, 4) is 0 Å². The highest BCUT2D eigenvalue weighted by molar-refractivity contribution is 7.17. The van der Waals surface area contributed by atoms with E-state index >= 15 is 0 Å². The lowest BCUT2D eigenvalue weighted by Gasteiger charge is -1.99. The summed E-state index contributed by atoms with van der Waals surface area (Å²) < 4.78 is 0. The van der Waals surface area contributed by atoms with E-state index in [0.717, 1.165) is 5.69 Å². The van der Waals surface area contributed by atoms with Crippen molar-refractivity contribution in [3.63, 3.8) is 0 Å². The Kier molecular flexibility index (Phi) is 4.85. The van der Waals surface area contributed by atoms with Crippen molar-refractivity contribution in [2.45, 2.75) is 0 Å². The average molecular weight is 324 g/mol. The van der Waals surface area contributed by atoms with Crippen LogP contribution in [0.3, 0.4) is 0 Å². The summed E-state index contributed by atoms with van der Waals surface area (Å²) in [5.74, 6) is -2.12. The Labute approximate surface area is 128 Å². The van der Waals surface area contributed by atoms with Gasteiger partial charge in [-0.1, -0.05) is 41.1 Å². The summed E-state index contributed by atoms with van der Waals surface area (Å²) in [6.45, 7) is 0. The summed E-state index contributed by atoms with van der Waals surface area (Å²) in [5, 5.41) is 7.47. The molecule has 1 aromatic carbocycles. The Balaban J connectivity index is 2.04. The minimum Gasteiger partial charge on any atom is -0.361 e. The van der Waals surface area contributed by atoms with Crippen molar-refractivity contribution >= 4 is 51.8 Å². The quantitative estimate of drug-likeness (QED) is 0.449. The molecule has 0 saturated carbocycles. The molecule has 0 bridgehead atoms. The molecule has 7 nitrogen and oxygen atoms in total. The summed E-state index contributed by atoms with van der Waals surface area (Å²) in [6.07, 6.45) is 1.29. The van der Waals surface area contributed by atoms with Gasteiger partial charge in [0.1, 0.15) is 0 Å². The number of anilines is 2. The molecule has 2 amide bonds. The van der Waals surface area contributed by atoms with Gasteiger partial charge in [0.2, 0.25) is 0 Å². The predicted molar refractivity (Wildman–Crippen MR) is 81.8 cm³/mol. The molecular formula is C12H10ClN5O2S. The van der Waals surface area contributed by atoms with Gasteiger partial charge >= 0.3 is 11.8 Å². The van der Waals surface area contributed by atoms with Crippen LogP contribution in [-0.2, 0) is 9.59 Å².